The minimum absolute atomic E-state index is 0.340. The van der Waals surface area contributed by atoms with E-state index in [9.17, 15) is 0 Å². The topological polar surface area (TPSA) is 62.3 Å². The van der Waals surface area contributed by atoms with Gasteiger partial charge in [0.2, 0.25) is 0 Å². The number of hydrogen-bond donors (Lipinski definition) is 1. The number of methoxy groups -OCH3 is 2. The fourth-order valence-corrected chi connectivity index (χ4v) is 2.26. The summed E-state index contributed by atoms with van der Waals surface area (Å²) in [5, 5.41) is 4.79. The lowest BCUT2D eigenvalue weighted by molar-refractivity contribution is 0.182. The van der Waals surface area contributed by atoms with E-state index in [1.54, 1.807) is 25.1 Å². The predicted molar refractivity (Wildman–Crippen MR) is 78.1 cm³/mol. The molecule has 0 aliphatic rings. The molecule has 1 aromatic heterocycles. The molecule has 0 saturated carbocycles. The van der Waals surface area contributed by atoms with Crippen molar-refractivity contribution in [2.75, 3.05) is 20.8 Å². The third kappa shape index (κ3) is 3.12. The van der Waals surface area contributed by atoms with Gasteiger partial charge in [-0.3, -0.25) is 4.68 Å². The molecular formula is C14H18ClN3O2. The van der Waals surface area contributed by atoms with Gasteiger partial charge in [0.05, 0.1) is 43.2 Å². The van der Waals surface area contributed by atoms with Crippen molar-refractivity contribution >= 4 is 11.6 Å². The highest BCUT2D eigenvalue weighted by Crippen LogP contribution is 2.27. The second-order valence-electron chi connectivity index (χ2n) is 4.34. The van der Waals surface area contributed by atoms with E-state index in [-0.39, 0.29) is 6.04 Å². The van der Waals surface area contributed by atoms with Crippen LogP contribution in [0.1, 0.15) is 17.3 Å². The molecule has 20 heavy (non-hydrogen) atoms. The summed E-state index contributed by atoms with van der Waals surface area (Å²) in [6.45, 7) is 1.17. The van der Waals surface area contributed by atoms with Crippen molar-refractivity contribution in [3.05, 3.63) is 46.7 Å². The zero-order valence-electron chi connectivity index (χ0n) is 11.5. The number of hydrogen-bond acceptors (Lipinski definition) is 4. The first kappa shape index (κ1) is 14.8. The maximum absolute atomic E-state index is 6.30. The van der Waals surface area contributed by atoms with Gasteiger partial charge in [-0.2, -0.15) is 5.10 Å². The fourth-order valence-electron chi connectivity index (χ4n) is 2.01. The SMILES string of the molecule is COCCn1ncc(Cl)c1C(N)c1ccc(OC)cc1. The van der Waals surface area contributed by atoms with Crippen LogP contribution in [-0.2, 0) is 11.3 Å². The van der Waals surface area contributed by atoms with Gasteiger partial charge in [-0.15, -0.1) is 0 Å². The number of rotatable bonds is 6. The van der Waals surface area contributed by atoms with Gasteiger partial charge in [-0.1, -0.05) is 23.7 Å². The Morgan fingerprint density at radius 2 is 2.00 bits per heavy atom. The van der Waals surface area contributed by atoms with Crippen LogP contribution < -0.4 is 10.5 Å². The Hall–Kier alpha value is -1.56. The molecule has 0 spiro atoms. The van der Waals surface area contributed by atoms with Crippen molar-refractivity contribution in [2.45, 2.75) is 12.6 Å². The summed E-state index contributed by atoms with van der Waals surface area (Å²) in [4.78, 5) is 0. The first-order valence-corrected chi connectivity index (χ1v) is 6.65. The summed E-state index contributed by atoms with van der Waals surface area (Å²) in [5.74, 6) is 0.792. The standard InChI is InChI=1S/C14H18ClN3O2/c1-19-8-7-18-14(12(15)9-17-18)13(16)10-3-5-11(20-2)6-4-10/h3-6,9,13H,7-8,16H2,1-2H3. The molecule has 1 atom stereocenters. The summed E-state index contributed by atoms with van der Waals surface area (Å²) < 4.78 is 12.0. The molecule has 0 saturated heterocycles. The smallest absolute Gasteiger partial charge is 0.118 e. The molecule has 2 aromatic rings. The number of nitrogens with two attached hydrogens (primary N) is 1. The van der Waals surface area contributed by atoms with Gasteiger partial charge in [0, 0.05) is 7.11 Å². The largest absolute Gasteiger partial charge is 0.497 e. The van der Waals surface area contributed by atoms with Crippen LogP contribution in [0.2, 0.25) is 5.02 Å². The quantitative estimate of drug-likeness (QED) is 0.888. The van der Waals surface area contributed by atoms with E-state index in [1.807, 2.05) is 24.3 Å². The molecule has 0 aliphatic carbocycles. The molecule has 1 unspecified atom stereocenters. The third-order valence-electron chi connectivity index (χ3n) is 3.11. The molecule has 1 aromatic carbocycles. The van der Waals surface area contributed by atoms with E-state index in [4.69, 9.17) is 26.8 Å². The normalized spacial score (nSPS) is 12.4. The molecule has 6 heteroatoms. The van der Waals surface area contributed by atoms with E-state index in [0.29, 0.717) is 18.2 Å². The second-order valence-corrected chi connectivity index (χ2v) is 4.75. The first-order chi connectivity index (χ1) is 9.67. The lowest BCUT2D eigenvalue weighted by atomic mass is 10.0. The highest BCUT2D eigenvalue weighted by Gasteiger charge is 2.18. The van der Waals surface area contributed by atoms with Gasteiger partial charge in [0.15, 0.2) is 0 Å². The Morgan fingerprint density at radius 1 is 1.30 bits per heavy atom. The summed E-state index contributed by atoms with van der Waals surface area (Å²) >= 11 is 6.20. The van der Waals surface area contributed by atoms with Gasteiger partial charge >= 0.3 is 0 Å². The van der Waals surface area contributed by atoms with E-state index in [0.717, 1.165) is 17.0 Å². The third-order valence-corrected chi connectivity index (χ3v) is 3.40. The van der Waals surface area contributed by atoms with Crippen LogP contribution in [0, 0.1) is 0 Å². The molecular weight excluding hydrogens is 278 g/mol. The summed E-state index contributed by atoms with van der Waals surface area (Å²) in [5.41, 5.74) is 8.04. The first-order valence-electron chi connectivity index (χ1n) is 6.27. The zero-order valence-corrected chi connectivity index (χ0v) is 12.3. The molecule has 1 heterocycles. The van der Waals surface area contributed by atoms with Crippen molar-refractivity contribution in [3.8, 4) is 5.75 Å². The molecule has 108 valence electrons. The Labute approximate surface area is 123 Å². The van der Waals surface area contributed by atoms with E-state index < -0.39 is 0 Å². The van der Waals surface area contributed by atoms with Gasteiger partial charge in [-0.25, -0.2) is 0 Å². The molecule has 0 fully saturated rings. The minimum Gasteiger partial charge on any atom is -0.497 e. The summed E-state index contributed by atoms with van der Waals surface area (Å²) in [6.07, 6.45) is 1.61. The van der Waals surface area contributed by atoms with Crippen molar-refractivity contribution in [1.82, 2.24) is 9.78 Å². The Morgan fingerprint density at radius 3 is 2.60 bits per heavy atom. The summed E-state index contributed by atoms with van der Waals surface area (Å²) in [7, 11) is 3.28. The Bertz CT molecular complexity index is 554. The maximum atomic E-state index is 6.30. The highest BCUT2D eigenvalue weighted by atomic mass is 35.5. The van der Waals surface area contributed by atoms with Gasteiger partial charge in [0.25, 0.3) is 0 Å². The zero-order chi connectivity index (χ0) is 14.5. The van der Waals surface area contributed by atoms with E-state index in [1.165, 1.54) is 0 Å². The van der Waals surface area contributed by atoms with Crippen LogP contribution in [-0.4, -0.2) is 30.6 Å². The van der Waals surface area contributed by atoms with Crippen molar-refractivity contribution in [2.24, 2.45) is 5.73 Å². The number of benzene rings is 1. The van der Waals surface area contributed by atoms with Crippen molar-refractivity contribution in [3.63, 3.8) is 0 Å². The van der Waals surface area contributed by atoms with E-state index >= 15 is 0 Å². The minimum atomic E-state index is -0.340. The maximum Gasteiger partial charge on any atom is 0.118 e. The Kier molecular flexibility index (Phi) is 5.00. The predicted octanol–water partition coefficient (Wildman–Crippen LogP) is 2.24. The monoisotopic (exact) mass is 295 g/mol. The molecule has 2 rings (SSSR count). The number of nitrogens with zero attached hydrogens (tertiary/aromatic N) is 2. The second kappa shape index (κ2) is 6.74. The molecule has 2 N–H and O–H groups in total. The van der Waals surface area contributed by atoms with Gasteiger partial charge < -0.3 is 15.2 Å². The molecule has 0 amide bonds. The van der Waals surface area contributed by atoms with Gasteiger partial charge in [-0.05, 0) is 17.7 Å². The lowest BCUT2D eigenvalue weighted by Crippen LogP contribution is -2.19. The van der Waals surface area contributed by atoms with Crippen LogP contribution in [0.25, 0.3) is 0 Å². The van der Waals surface area contributed by atoms with Crippen LogP contribution in [0.5, 0.6) is 5.75 Å². The van der Waals surface area contributed by atoms with Gasteiger partial charge in [0.1, 0.15) is 5.75 Å². The fraction of sp³-hybridized carbons (Fsp3) is 0.357. The Balaban J connectivity index is 2.26. The highest BCUT2D eigenvalue weighted by molar-refractivity contribution is 6.31. The van der Waals surface area contributed by atoms with Crippen LogP contribution >= 0.6 is 11.6 Å². The number of halogens is 1. The molecule has 0 aliphatic heterocycles. The van der Waals surface area contributed by atoms with Crippen molar-refractivity contribution in [1.29, 1.82) is 0 Å². The summed E-state index contributed by atoms with van der Waals surface area (Å²) in [6, 6.07) is 7.26. The van der Waals surface area contributed by atoms with Crippen LogP contribution in [0.3, 0.4) is 0 Å². The van der Waals surface area contributed by atoms with Crippen LogP contribution in [0.4, 0.5) is 0 Å². The molecule has 5 nitrogen and oxygen atoms in total. The molecule has 0 radical (unpaired) electrons. The number of ether oxygens (including phenoxy) is 2. The average molecular weight is 296 g/mol. The van der Waals surface area contributed by atoms with Crippen molar-refractivity contribution < 1.29 is 9.47 Å². The lowest BCUT2D eigenvalue weighted by Gasteiger charge is -2.15. The molecule has 0 bridgehead atoms. The average Bonchev–Trinajstić information content (AvgIpc) is 2.85. The van der Waals surface area contributed by atoms with Crippen LogP contribution in [0.15, 0.2) is 30.5 Å². The van der Waals surface area contributed by atoms with E-state index in [2.05, 4.69) is 5.10 Å². The number of aromatic nitrogens is 2.